The van der Waals surface area contributed by atoms with Gasteiger partial charge < -0.3 is 4.74 Å². The molecule has 0 aliphatic carbocycles. The molecule has 0 aromatic heterocycles. The molecule has 1 fully saturated rings. The summed E-state index contributed by atoms with van der Waals surface area (Å²) in [6.45, 7) is 3.23. The summed E-state index contributed by atoms with van der Waals surface area (Å²) in [6, 6.07) is 9.23. The number of para-hydroxylation sites is 1. The van der Waals surface area contributed by atoms with Crippen LogP contribution in [0.15, 0.2) is 24.3 Å². The molecule has 1 aromatic carbocycles. The SMILES string of the molecule is ClCCCC1CCCN1CC1COc2ccccc21. The first-order valence-corrected chi connectivity index (χ1v) is 7.93. The van der Waals surface area contributed by atoms with E-state index in [4.69, 9.17) is 16.3 Å². The van der Waals surface area contributed by atoms with Crippen molar-refractivity contribution in [1.82, 2.24) is 4.90 Å². The predicted octanol–water partition coefficient (Wildman–Crippen LogP) is 3.65. The molecule has 2 atom stereocenters. The summed E-state index contributed by atoms with van der Waals surface area (Å²) in [5.74, 6) is 2.43. The van der Waals surface area contributed by atoms with Crippen molar-refractivity contribution < 1.29 is 4.74 Å². The van der Waals surface area contributed by atoms with Gasteiger partial charge in [0.15, 0.2) is 0 Å². The standard InChI is InChI=1S/C16H22ClNO/c17-9-3-5-14-6-4-10-18(14)11-13-12-19-16-8-2-1-7-15(13)16/h1-2,7-8,13-14H,3-6,9-12H2. The minimum atomic E-state index is 0.549. The quantitative estimate of drug-likeness (QED) is 0.763. The smallest absolute Gasteiger partial charge is 0.122 e. The number of fused-ring (bicyclic) bond motifs is 1. The zero-order valence-corrected chi connectivity index (χ0v) is 12.1. The van der Waals surface area contributed by atoms with Crippen LogP contribution in [-0.2, 0) is 0 Å². The molecule has 0 amide bonds. The van der Waals surface area contributed by atoms with Crippen molar-refractivity contribution in [2.24, 2.45) is 0 Å². The Labute approximate surface area is 120 Å². The summed E-state index contributed by atoms with van der Waals surface area (Å²) in [4.78, 5) is 2.66. The molecule has 0 radical (unpaired) electrons. The van der Waals surface area contributed by atoms with Gasteiger partial charge in [0.1, 0.15) is 5.75 Å². The molecule has 2 unspecified atom stereocenters. The lowest BCUT2D eigenvalue weighted by Gasteiger charge is -2.26. The highest BCUT2D eigenvalue weighted by molar-refractivity contribution is 6.17. The molecule has 0 bridgehead atoms. The topological polar surface area (TPSA) is 12.5 Å². The lowest BCUT2D eigenvalue weighted by atomic mass is 10.00. The Balaban J connectivity index is 1.62. The highest BCUT2D eigenvalue weighted by Gasteiger charge is 2.30. The van der Waals surface area contributed by atoms with Crippen LogP contribution in [0.3, 0.4) is 0 Å². The predicted molar refractivity (Wildman–Crippen MR) is 79.2 cm³/mol. The first-order chi connectivity index (χ1) is 9.38. The van der Waals surface area contributed by atoms with Gasteiger partial charge in [0.05, 0.1) is 6.61 Å². The highest BCUT2D eigenvalue weighted by atomic mass is 35.5. The van der Waals surface area contributed by atoms with E-state index < -0.39 is 0 Å². The van der Waals surface area contributed by atoms with Gasteiger partial charge in [0, 0.05) is 29.9 Å². The maximum absolute atomic E-state index is 5.83. The van der Waals surface area contributed by atoms with Crippen LogP contribution in [0.4, 0.5) is 0 Å². The van der Waals surface area contributed by atoms with Crippen LogP contribution in [0.2, 0.25) is 0 Å². The Morgan fingerprint density at radius 2 is 2.21 bits per heavy atom. The molecule has 2 heterocycles. The molecule has 0 spiro atoms. The Kier molecular flexibility index (Phi) is 4.29. The van der Waals surface area contributed by atoms with Crippen LogP contribution >= 0.6 is 11.6 Å². The normalized spacial score (nSPS) is 26.4. The fraction of sp³-hybridized carbons (Fsp3) is 0.625. The fourth-order valence-corrected chi connectivity index (χ4v) is 3.59. The molecule has 2 aliphatic rings. The van der Waals surface area contributed by atoms with Gasteiger partial charge in [-0.2, -0.15) is 0 Å². The molecular formula is C16H22ClNO. The van der Waals surface area contributed by atoms with Crippen LogP contribution in [0.5, 0.6) is 5.75 Å². The molecule has 0 N–H and O–H groups in total. The van der Waals surface area contributed by atoms with Gasteiger partial charge in [-0.15, -0.1) is 11.6 Å². The lowest BCUT2D eigenvalue weighted by molar-refractivity contribution is 0.210. The average molecular weight is 280 g/mol. The van der Waals surface area contributed by atoms with Crippen LogP contribution in [0.25, 0.3) is 0 Å². The Morgan fingerprint density at radius 1 is 1.32 bits per heavy atom. The first-order valence-electron chi connectivity index (χ1n) is 7.40. The molecule has 1 saturated heterocycles. The fourth-order valence-electron chi connectivity index (χ4n) is 3.44. The number of hydrogen-bond acceptors (Lipinski definition) is 2. The monoisotopic (exact) mass is 279 g/mol. The van der Waals surface area contributed by atoms with Gasteiger partial charge >= 0.3 is 0 Å². The van der Waals surface area contributed by atoms with E-state index >= 15 is 0 Å². The van der Waals surface area contributed by atoms with Gasteiger partial charge in [0.2, 0.25) is 0 Å². The molecule has 2 nitrogen and oxygen atoms in total. The third kappa shape index (κ3) is 2.90. The maximum atomic E-state index is 5.83. The van der Waals surface area contributed by atoms with Crippen molar-refractivity contribution >= 4 is 11.6 Å². The van der Waals surface area contributed by atoms with E-state index in [-0.39, 0.29) is 0 Å². The molecule has 19 heavy (non-hydrogen) atoms. The van der Waals surface area contributed by atoms with E-state index in [2.05, 4.69) is 29.2 Å². The van der Waals surface area contributed by atoms with Gasteiger partial charge in [0.25, 0.3) is 0 Å². The summed E-state index contributed by atoms with van der Waals surface area (Å²) in [6.07, 6.45) is 5.06. The van der Waals surface area contributed by atoms with E-state index in [9.17, 15) is 0 Å². The van der Waals surface area contributed by atoms with Gasteiger partial charge in [-0.3, -0.25) is 4.90 Å². The van der Waals surface area contributed by atoms with Crippen LogP contribution < -0.4 is 4.74 Å². The summed E-state index contributed by atoms with van der Waals surface area (Å²) in [5, 5.41) is 0. The Morgan fingerprint density at radius 3 is 3.11 bits per heavy atom. The number of benzene rings is 1. The third-order valence-corrected chi connectivity index (χ3v) is 4.69. The number of hydrogen-bond donors (Lipinski definition) is 0. The molecular weight excluding hydrogens is 258 g/mol. The number of likely N-dealkylation sites (tertiary alicyclic amines) is 1. The number of rotatable bonds is 5. The number of alkyl halides is 1. The first kappa shape index (κ1) is 13.3. The number of halogens is 1. The second-order valence-electron chi connectivity index (χ2n) is 5.67. The second kappa shape index (κ2) is 6.15. The summed E-state index contributed by atoms with van der Waals surface area (Å²) >= 11 is 5.83. The number of nitrogens with zero attached hydrogens (tertiary/aromatic N) is 1. The van der Waals surface area contributed by atoms with Gasteiger partial charge in [-0.25, -0.2) is 0 Å². The molecule has 0 saturated carbocycles. The van der Waals surface area contributed by atoms with E-state index in [1.54, 1.807) is 0 Å². The minimum absolute atomic E-state index is 0.549. The molecule has 104 valence electrons. The van der Waals surface area contributed by atoms with Crippen molar-refractivity contribution in [3.8, 4) is 5.75 Å². The van der Waals surface area contributed by atoms with E-state index in [1.165, 1.54) is 31.4 Å². The average Bonchev–Trinajstić information content (AvgIpc) is 3.05. The van der Waals surface area contributed by atoms with E-state index in [0.29, 0.717) is 5.92 Å². The van der Waals surface area contributed by atoms with Crippen molar-refractivity contribution in [3.05, 3.63) is 29.8 Å². The zero-order valence-electron chi connectivity index (χ0n) is 11.4. The highest BCUT2D eigenvalue weighted by Crippen LogP contribution is 2.35. The van der Waals surface area contributed by atoms with Crippen LogP contribution in [0.1, 0.15) is 37.2 Å². The van der Waals surface area contributed by atoms with Gasteiger partial charge in [-0.05, 0) is 38.3 Å². The van der Waals surface area contributed by atoms with Gasteiger partial charge in [-0.1, -0.05) is 18.2 Å². The molecule has 2 aliphatic heterocycles. The van der Waals surface area contributed by atoms with Crippen molar-refractivity contribution in [2.75, 3.05) is 25.6 Å². The Hall–Kier alpha value is -0.730. The third-order valence-electron chi connectivity index (χ3n) is 4.42. The number of ether oxygens (including phenoxy) is 1. The summed E-state index contributed by atoms with van der Waals surface area (Å²) < 4.78 is 5.79. The van der Waals surface area contributed by atoms with E-state index in [0.717, 1.165) is 37.2 Å². The summed E-state index contributed by atoms with van der Waals surface area (Å²) in [7, 11) is 0. The largest absolute Gasteiger partial charge is 0.493 e. The zero-order chi connectivity index (χ0) is 13.1. The maximum Gasteiger partial charge on any atom is 0.122 e. The molecule has 3 heteroatoms. The van der Waals surface area contributed by atoms with Crippen molar-refractivity contribution in [1.29, 1.82) is 0 Å². The Bertz CT molecular complexity index is 423. The van der Waals surface area contributed by atoms with Crippen LogP contribution in [-0.4, -0.2) is 36.5 Å². The minimum Gasteiger partial charge on any atom is -0.493 e. The second-order valence-corrected chi connectivity index (χ2v) is 6.05. The lowest BCUT2D eigenvalue weighted by Crippen LogP contribution is -2.33. The summed E-state index contributed by atoms with van der Waals surface area (Å²) in [5.41, 5.74) is 1.39. The molecule has 1 aromatic rings. The van der Waals surface area contributed by atoms with E-state index in [1.807, 2.05) is 0 Å². The molecule has 3 rings (SSSR count). The van der Waals surface area contributed by atoms with Crippen molar-refractivity contribution in [2.45, 2.75) is 37.6 Å². The van der Waals surface area contributed by atoms with Crippen molar-refractivity contribution in [3.63, 3.8) is 0 Å². The van der Waals surface area contributed by atoms with Crippen LogP contribution in [0, 0.1) is 0 Å².